The molecule has 2 nitrogen and oxygen atoms in total. The monoisotopic (exact) mass is 214 g/mol. The van der Waals surface area contributed by atoms with Crippen LogP contribution >= 0.6 is 0 Å². The van der Waals surface area contributed by atoms with Crippen LogP contribution in [0.2, 0.25) is 0 Å². The molecule has 4 heteroatoms. The molecule has 0 fully saturated rings. The van der Waals surface area contributed by atoms with Crippen molar-refractivity contribution in [3.05, 3.63) is 34.9 Å². The topological polar surface area (TPSA) is 37.3 Å². The van der Waals surface area contributed by atoms with Crippen LogP contribution in [0.1, 0.15) is 36.7 Å². The summed E-state index contributed by atoms with van der Waals surface area (Å²) in [4.78, 5) is 10.8. The molecule has 0 saturated heterocycles. The van der Waals surface area contributed by atoms with Crippen molar-refractivity contribution in [1.82, 2.24) is 0 Å². The molecular weight excluding hydrogens is 202 g/mol. The summed E-state index contributed by atoms with van der Waals surface area (Å²) >= 11 is 0. The van der Waals surface area contributed by atoms with E-state index in [9.17, 15) is 13.6 Å². The van der Waals surface area contributed by atoms with Crippen LogP contribution in [-0.4, -0.2) is 11.1 Å². The van der Waals surface area contributed by atoms with Gasteiger partial charge >= 0.3 is 5.97 Å². The fourth-order valence-corrected chi connectivity index (χ4v) is 1.49. The van der Waals surface area contributed by atoms with Gasteiger partial charge in [-0.15, -0.1) is 0 Å². The fourth-order valence-electron chi connectivity index (χ4n) is 1.49. The number of rotatable bonds is 1. The molecule has 0 spiro atoms. The summed E-state index contributed by atoms with van der Waals surface area (Å²) in [6.45, 7) is 4.91. The number of carboxylic acids is 1. The lowest BCUT2D eigenvalue weighted by molar-refractivity contribution is 0.0688. The number of hydrogen-bond donors (Lipinski definition) is 1. The van der Waals surface area contributed by atoms with E-state index in [0.717, 1.165) is 12.1 Å². The zero-order chi connectivity index (χ0) is 11.8. The number of benzene rings is 1. The van der Waals surface area contributed by atoms with Crippen molar-refractivity contribution in [1.29, 1.82) is 0 Å². The highest BCUT2D eigenvalue weighted by atomic mass is 19.1. The Morgan fingerprint density at radius 3 is 2.00 bits per heavy atom. The molecule has 0 aliphatic rings. The molecule has 0 aliphatic carbocycles. The van der Waals surface area contributed by atoms with Crippen molar-refractivity contribution in [3.8, 4) is 0 Å². The van der Waals surface area contributed by atoms with Crippen LogP contribution < -0.4 is 0 Å². The van der Waals surface area contributed by atoms with E-state index in [0.29, 0.717) is 0 Å². The molecule has 0 heterocycles. The fraction of sp³-hybridized carbons (Fsp3) is 0.364. The van der Waals surface area contributed by atoms with Crippen molar-refractivity contribution in [2.45, 2.75) is 26.2 Å². The van der Waals surface area contributed by atoms with Crippen molar-refractivity contribution < 1.29 is 18.7 Å². The summed E-state index contributed by atoms with van der Waals surface area (Å²) in [6.07, 6.45) is 0. The molecule has 1 aromatic rings. The smallest absolute Gasteiger partial charge is 0.339 e. The molecule has 82 valence electrons. The molecule has 0 bridgehead atoms. The number of carbonyl (C=O) groups is 1. The third-order valence-corrected chi connectivity index (χ3v) is 2.07. The second-order valence-electron chi connectivity index (χ2n) is 4.33. The van der Waals surface area contributed by atoms with Gasteiger partial charge in [-0.2, -0.15) is 0 Å². The van der Waals surface area contributed by atoms with Gasteiger partial charge in [-0.3, -0.25) is 0 Å². The predicted molar refractivity (Wildman–Crippen MR) is 52.0 cm³/mol. The second-order valence-corrected chi connectivity index (χ2v) is 4.33. The van der Waals surface area contributed by atoms with Crippen LogP contribution in [0.3, 0.4) is 0 Å². The molecule has 15 heavy (non-hydrogen) atoms. The largest absolute Gasteiger partial charge is 0.478 e. The number of aromatic carboxylic acids is 1. The highest BCUT2D eigenvalue weighted by molar-refractivity contribution is 5.90. The van der Waals surface area contributed by atoms with Gasteiger partial charge < -0.3 is 5.11 Å². The molecular formula is C11H12F2O2. The molecule has 1 N–H and O–H groups in total. The highest BCUT2D eigenvalue weighted by Crippen LogP contribution is 2.30. The van der Waals surface area contributed by atoms with Crippen molar-refractivity contribution in [2.24, 2.45) is 0 Å². The standard InChI is InChI=1S/C11H12F2O2/c1-11(2,3)9-7(13)5-4-6(12)8(9)10(14)15/h4-5H,1-3H3,(H,14,15). The van der Waals surface area contributed by atoms with Crippen molar-refractivity contribution in [3.63, 3.8) is 0 Å². The van der Waals surface area contributed by atoms with E-state index in [1.54, 1.807) is 20.8 Å². The van der Waals surface area contributed by atoms with Gasteiger partial charge in [0.05, 0.1) is 0 Å². The van der Waals surface area contributed by atoms with Gasteiger partial charge in [0.2, 0.25) is 0 Å². The Hall–Kier alpha value is -1.45. The molecule has 0 atom stereocenters. The Labute approximate surface area is 86.5 Å². The van der Waals surface area contributed by atoms with Gasteiger partial charge in [-0.05, 0) is 17.5 Å². The van der Waals surface area contributed by atoms with Crippen LogP contribution in [0.4, 0.5) is 8.78 Å². The van der Waals surface area contributed by atoms with E-state index < -0.39 is 28.6 Å². The summed E-state index contributed by atoms with van der Waals surface area (Å²) in [5, 5.41) is 8.83. The van der Waals surface area contributed by atoms with Crippen molar-refractivity contribution >= 4 is 5.97 Å². The van der Waals surface area contributed by atoms with Gasteiger partial charge in [-0.1, -0.05) is 20.8 Å². The van der Waals surface area contributed by atoms with E-state index in [-0.39, 0.29) is 5.56 Å². The van der Waals surface area contributed by atoms with E-state index in [1.165, 1.54) is 0 Å². The Balaban J connectivity index is 3.60. The Morgan fingerprint density at radius 2 is 1.67 bits per heavy atom. The zero-order valence-corrected chi connectivity index (χ0v) is 8.77. The third kappa shape index (κ3) is 2.14. The lowest BCUT2D eigenvalue weighted by Gasteiger charge is -2.22. The van der Waals surface area contributed by atoms with Gasteiger partial charge in [-0.25, -0.2) is 13.6 Å². The first kappa shape index (κ1) is 11.6. The summed E-state index contributed by atoms with van der Waals surface area (Å²) in [6, 6.07) is 1.77. The minimum atomic E-state index is -1.45. The maximum atomic E-state index is 13.5. The maximum Gasteiger partial charge on any atom is 0.339 e. The molecule has 0 aliphatic heterocycles. The summed E-state index contributed by atoms with van der Waals surface area (Å²) in [7, 11) is 0. The highest BCUT2D eigenvalue weighted by Gasteiger charge is 2.28. The first-order valence-electron chi connectivity index (χ1n) is 4.47. The Bertz CT molecular complexity index is 406. The van der Waals surface area contributed by atoms with Gasteiger partial charge in [0.15, 0.2) is 0 Å². The third-order valence-electron chi connectivity index (χ3n) is 2.07. The summed E-state index contributed by atoms with van der Waals surface area (Å²) < 4.78 is 26.7. The minimum absolute atomic E-state index is 0.102. The molecule has 0 aromatic heterocycles. The molecule has 1 rings (SSSR count). The lowest BCUT2D eigenvalue weighted by Crippen LogP contribution is -2.20. The maximum absolute atomic E-state index is 13.5. The van der Waals surface area contributed by atoms with Crippen LogP contribution in [0.5, 0.6) is 0 Å². The normalized spacial score (nSPS) is 11.5. The molecule has 0 unspecified atom stereocenters. The van der Waals surface area contributed by atoms with Crippen molar-refractivity contribution in [2.75, 3.05) is 0 Å². The van der Waals surface area contributed by atoms with E-state index in [4.69, 9.17) is 5.11 Å². The van der Waals surface area contributed by atoms with Crippen LogP contribution in [0, 0.1) is 11.6 Å². The average molecular weight is 214 g/mol. The summed E-state index contributed by atoms with van der Waals surface area (Å²) in [5.74, 6) is -3.05. The van der Waals surface area contributed by atoms with E-state index >= 15 is 0 Å². The van der Waals surface area contributed by atoms with Gasteiger partial charge in [0.25, 0.3) is 0 Å². The second kappa shape index (κ2) is 3.61. The Morgan fingerprint density at radius 1 is 1.20 bits per heavy atom. The first-order valence-corrected chi connectivity index (χ1v) is 4.47. The number of hydrogen-bond acceptors (Lipinski definition) is 1. The summed E-state index contributed by atoms with van der Waals surface area (Å²) in [5.41, 5.74) is -1.43. The quantitative estimate of drug-likeness (QED) is 0.780. The number of carboxylic acid groups (broad SMARTS) is 1. The molecule has 0 amide bonds. The molecule has 1 aromatic carbocycles. The number of halogens is 2. The molecule has 0 saturated carbocycles. The van der Waals surface area contributed by atoms with Crippen LogP contribution in [0.15, 0.2) is 12.1 Å². The minimum Gasteiger partial charge on any atom is -0.478 e. The Kier molecular flexibility index (Phi) is 2.79. The molecule has 0 radical (unpaired) electrons. The van der Waals surface area contributed by atoms with Gasteiger partial charge in [0.1, 0.15) is 17.2 Å². The average Bonchev–Trinajstić information content (AvgIpc) is 2.05. The van der Waals surface area contributed by atoms with Crippen LogP contribution in [-0.2, 0) is 5.41 Å². The van der Waals surface area contributed by atoms with Gasteiger partial charge in [0, 0.05) is 5.56 Å². The van der Waals surface area contributed by atoms with E-state index in [1.807, 2.05) is 0 Å². The zero-order valence-electron chi connectivity index (χ0n) is 8.77. The van der Waals surface area contributed by atoms with Crippen LogP contribution in [0.25, 0.3) is 0 Å². The predicted octanol–water partition coefficient (Wildman–Crippen LogP) is 2.96. The lowest BCUT2D eigenvalue weighted by atomic mass is 9.83. The SMILES string of the molecule is CC(C)(C)c1c(F)ccc(F)c1C(=O)O. The van der Waals surface area contributed by atoms with E-state index in [2.05, 4.69) is 0 Å². The first-order chi connectivity index (χ1) is 6.75.